The number of nitrogens with zero attached hydrogens (tertiary/aromatic N) is 1. The van der Waals surface area contributed by atoms with E-state index < -0.39 is 0 Å². The lowest BCUT2D eigenvalue weighted by Crippen LogP contribution is -2.10. The molecule has 0 spiro atoms. The molecule has 0 aliphatic carbocycles. The lowest BCUT2D eigenvalue weighted by atomic mass is 10.1. The van der Waals surface area contributed by atoms with Crippen molar-refractivity contribution in [2.24, 2.45) is 0 Å². The van der Waals surface area contributed by atoms with E-state index in [1.54, 1.807) is 0 Å². The van der Waals surface area contributed by atoms with Gasteiger partial charge in [0.25, 0.3) is 0 Å². The number of benzene rings is 2. The van der Waals surface area contributed by atoms with Gasteiger partial charge in [-0.25, -0.2) is 0 Å². The lowest BCUT2D eigenvalue weighted by Gasteiger charge is -2.07. The molecule has 0 radical (unpaired) electrons. The van der Waals surface area contributed by atoms with Crippen molar-refractivity contribution in [1.29, 1.82) is 0 Å². The fourth-order valence-electron chi connectivity index (χ4n) is 2.99. The largest absolute Gasteiger partial charge is 0.340 e. The van der Waals surface area contributed by atoms with Gasteiger partial charge in [0.1, 0.15) is 0 Å². The zero-order valence-corrected chi connectivity index (χ0v) is 12.5. The molecule has 0 amide bonds. The summed E-state index contributed by atoms with van der Waals surface area (Å²) >= 11 is 0. The highest BCUT2D eigenvalue weighted by atomic mass is 15.0. The molecular weight excluding hydrogens is 244 g/mol. The molecule has 1 N–H and O–H groups in total. The molecule has 104 valence electrons. The Morgan fingerprint density at radius 1 is 0.900 bits per heavy atom. The number of hydrogen-bond donors (Lipinski definition) is 1. The normalized spacial score (nSPS) is 11.6. The van der Waals surface area contributed by atoms with E-state index in [0.29, 0.717) is 0 Å². The Morgan fingerprint density at radius 3 is 1.95 bits per heavy atom. The van der Waals surface area contributed by atoms with Gasteiger partial charge in [0.2, 0.25) is 0 Å². The number of rotatable bonds is 4. The maximum absolute atomic E-state index is 3.23. The van der Waals surface area contributed by atoms with Crippen LogP contribution in [0.15, 0.2) is 36.4 Å². The van der Waals surface area contributed by atoms with Crippen LogP contribution in [0.25, 0.3) is 21.8 Å². The first-order valence-electron chi connectivity index (χ1n) is 7.34. The minimum absolute atomic E-state index is 1.05. The summed E-state index contributed by atoms with van der Waals surface area (Å²) in [5, 5.41) is 6.00. The van der Waals surface area contributed by atoms with Gasteiger partial charge in [0.15, 0.2) is 0 Å². The monoisotopic (exact) mass is 266 g/mol. The third-order valence-electron chi connectivity index (χ3n) is 3.98. The van der Waals surface area contributed by atoms with Gasteiger partial charge in [-0.3, -0.25) is 0 Å². The van der Waals surface area contributed by atoms with Crippen molar-refractivity contribution in [3.8, 4) is 0 Å². The van der Waals surface area contributed by atoms with Crippen LogP contribution in [0.4, 0.5) is 0 Å². The highest BCUT2D eigenvalue weighted by Crippen LogP contribution is 2.30. The van der Waals surface area contributed by atoms with Crippen LogP contribution in [-0.4, -0.2) is 18.2 Å². The molecule has 0 unspecified atom stereocenters. The molecule has 0 aliphatic rings. The maximum atomic E-state index is 3.23. The van der Waals surface area contributed by atoms with Gasteiger partial charge in [0.05, 0.1) is 0 Å². The lowest BCUT2D eigenvalue weighted by molar-refractivity contribution is 0.638. The highest BCUT2D eigenvalue weighted by molar-refractivity contribution is 6.08. The Morgan fingerprint density at radius 2 is 1.45 bits per heavy atom. The minimum atomic E-state index is 1.05. The van der Waals surface area contributed by atoms with Crippen LogP contribution in [0.2, 0.25) is 0 Å². The second kappa shape index (κ2) is 5.29. The van der Waals surface area contributed by atoms with Gasteiger partial charge in [-0.05, 0) is 58.1 Å². The molecule has 0 saturated heterocycles. The van der Waals surface area contributed by atoms with Gasteiger partial charge in [-0.2, -0.15) is 0 Å². The zero-order valence-electron chi connectivity index (χ0n) is 12.5. The van der Waals surface area contributed by atoms with Crippen molar-refractivity contribution in [3.05, 3.63) is 47.5 Å². The number of nitrogens with one attached hydrogen (secondary N) is 1. The fraction of sp³-hybridized carbons (Fsp3) is 0.333. The summed E-state index contributed by atoms with van der Waals surface area (Å²) in [6.07, 6.45) is 1.15. The summed E-state index contributed by atoms with van der Waals surface area (Å²) in [6.45, 7) is 6.45. The SMILES string of the molecule is CNCCCn1c2ccc(C)cc2c2cc(C)ccc21. The molecule has 2 heteroatoms. The van der Waals surface area contributed by atoms with Crippen LogP contribution in [0.1, 0.15) is 17.5 Å². The van der Waals surface area contributed by atoms with E-state index in [-0.39, 0.29) is 0 Å². The summed E-state index contributed by atoms with van der Waals surface area (Å²) in [5.74, 6) is 0. The van der Waals surface area contributed by atoms with E-state index in [9.17, 15) is 0 Å². The number of hydrogen-bond acceptors (Lipinski definition) is 1. The van der Waals surface area contributed by atoms with Gasteiger partial charge in [-0.15, -0.1) is 0 Å². The number of aromatic nitrogens is 1. The standard InChI is InChI=1S/C18H22N2/c1-13-5-7-17-15(11-13)16-12-14(2)6-8-18(16)20(17)10-4-9-19-3/h5-8,11-12,19H,4,9-10H2,1-3H3. The Bertz CT molecular complexity index is 694. The van der Waals surface area contributed by atoms with E-state index in [1.807, 2.05) is 7.05 Å². The topological polar surface area (TPSA) is 17.0 Å². The van der Waals surface area contributed by atoms with E-state index in [4.69, 9.17) is 0 Å². The molecule has 1 aromatic heterocycles. The van der Waals surface area contributed by atoms with Gasteiger partial charge in [-0.1, -0.05) is 23.3 Å². The van der Waals surface area contributed by atoms with Crippen LogP contribution in [0.5, 0.6) is 0 Å². The first kappa shape index (κ1) is 13.2. The van der Waals surface area contributed by atoms with Crippen LogP contribution >= 0.6 is 0 Å². The molecule has 2 aromatic carbocycles. The summed E-state index contributed by atoms with van der Waals surface area (Å²) in [6, 6.07) is 13.6. The minimum Gasteiger partial charge on any atom is -0.340 e. The average Bonchev–Trinajstić information content (AvgIpc) is 2.72. The van der Waals surface area contributed by atoms with E-state index >= 15 is 0 Å². The second-order valence-electron chi connectivity index (χ2n) is 5.65. The van der Waals surface area contributed by atoms with Gasteiger partial charge in [0, 0.05) is 28.4 Å². The van der Waals surface area contributed by atoms with Crippen molar-refractivity contribution >= 4 is 21.8 Å². The van der Waals surface area contributed by atoms with Crippen molar-refractivity contribution in [2.45, 2.75) is 26.8 Å². The fourth-order valence-corrected chi connectivity index (χ4v) is 2.99. The van der Waals surface area contributed by atoms with Crippen molar-refractivity contribution in [2.75, 3.05) is 13.6 Å². The molecule has 2 nitrogen and oxygen atoms in total. The first-order valence-corrected chi connectivity index (χ1v) is 7.34. The van der Waals surface area contributed by atoms with Gasteiger partial charge < -0.3 is 9.88 Å². The van der Waals surface area contributed by atoms with Crippen LogP contribution in [0.3, 0.4) is 0 Å². The number of fused-ring (bicyclic) bond motifs is 3. The Hall–Kier alpha value is -1.80. The third-order valence-corrected chi connectivity index (χ3v) is 3.98. The second-order valence-corrected chi connectivity index (χ2v) is 5.65. The molecule has 0 saturated carbocycles. The van der Waals surface area contributed by atoms with Crippen molar-refractivity contribution in [3.63, 3.8) is 0 Å². The molecule has 20 heavy (non-hydrogen) atoms. The average molecular weight is 266 g/mol. The molecule has 3 aromatic rings. The third kappa shape index (κ3) is 2.20. The van der Waals surface area contributed by atoms with E-state index in [1.165, 1.54) is 32.9 Å². The Balaban J connectivity index is 2.23. The Kier molecular flexibility index (Phi) is 3.49. The summed E-state index contributed by atoms with van der Waals surface area (Å²) in [7, 11) is 2.01. The predicted molar refractivity (Wildman–Crippen MR) is 87.5 cm³/mol. The van der Waals surface area contributed by atoms with E-state index in [0.717, 1.165) is 19.5 Å². The molecule has 0 fully saturated rings. The molecule has 0 aliphatic heterocycles. The predicted octanol–water partition coefficient (Wildman–Crippen LogP) is 4.02. The van der Waals surface area contributed by atoms with Crippen LogP contribution < -0.4 is 5.32 Å². The molecule has 3 rings (SSSR count). The van der Waals surface area contributed by atoms with Crippen LogP contribution in [-0.2, 0) is 6.54 Å². The number of aryl methyl sites for hydroxylation is 3. The Labute approximate surface area is 120 Å². The zero-order chi connectivity index (χ0) is 14.1. The summed E-state index contributed by atoms with van der Waals surface area (Å²) < 4.78 is 2.46. The quantitative estimate of drug-likeness (QED) is 0.706. The first-order chi connectivity index (χ1) is 9.70. The molecule has 0 bridgehead atoms. The maximum Gasteiger partial charge on any atom is 0.0491 e. The van der Waals surface area contributed by atoms with Crippen molar-refractivity contribution < 1.29 is 0 Å². The smallest absolute Gasteiger partial charge is 0.0491 e. The van der Waals surface area contributed by atoms with E-state index in [2.05, 4.69) is 60.1 Å². The van der Waals surface area contributed by atoms with Crippen LogP contribution in [0, 0.1) is 13.8 Å². The highest BCUT2D eigenvalue weighted by Gasteiger charge is 2.10. The summed E-state index contributed by atoms with van der Waals surface area (Å²) in [4.78, 5) is 0. The summed E-state index contributed by atoms with van der Waals surface area (Å²) in [5.41, 5.74) is 5.36. The van der Waals surface area contributed by atoms with Gasteiger partial charge >= 0.3 is 0 Å². The molecule has 0 atom stereocenters. The van der Waals surface area contributed by atoms with Crippen molar-refractivity contribution in [1.82, 2.24) is 9.88 Å². The molecular formula is C18H22N2. The molecule has 1 heterocycles.